The zero-order chi connectivity index (χ0) is 17.3. The highest BCUT2D eigenvalue weighted by Gasteiger charge is 2.36. The minimum absolute atomic E-state index is 0. The Morgan fingerprint density at radius 1 is 1.00 bits per heavy atom. The summed E-state index contributed by atoms with van der Waals surface area (Å²) in [5, 5.41) is 0. The lowest BCUT2D eigenvalue weighted by Gasteiger charge is -2.39. The SMILES string of the molecule is CN1CCN(S(=O)(=O)c2cc(F)cc(F)c2)C(c2ccccc2)C1.Cl. The second-order valence-corrected chi connectivity index (χ2v) is 7.80. The van der Waals surface area contributed by atoms with Crippen LogP contribution >= 0.6 is 12.4 Å². The van der Waals surface area contributed by atoms with Gasteiger partial charge >= 0.3 is 0 Å². The van der Waals surface area contributed by atoms with E-state index in [0.717, 1.165) is 17.7 Å². The number of hydrogen-bond donors (Lipinski definition) is 0. The van der Waals surface area contributed by atoms with E-state index in [9.17, 15) is 17.2 Å². The van der Waals surface area contributed by atoms with Crippen LogP contribution in [-0.4, -0.2) is 44.3 Å². The average molecular weight is 389 g/mol. The first-order chi connectivity index (χ1) is 11.4. The minimum Gasteiger partial charge on any atom is -0.303 e. The Balaban J connectivity index is 0.00000225. The molecule has 0 amide bonds. The molecule has 0 bridgehead atoms. The lowest BCUT2D eigenvalue weighted by Crippen LogP contribution is -2.49. The summed E-state index contributed by atoms with van der Waals surface area (Å²) in [6.07, 6.45) is 0. The molecule has 1 aliphatic heterocycles. The predicted octanol–water partition coefficient (Wildman–Crippen LogP) is 3.06. The van der Waals surface area contributed by atoms with Crippen molar-refractivity contribution >= 4 is 22.4 Å². The third kappa shape index (κ3) is 4.17. The van der Waals surface area contributed by atoms with E-state index in [1.165, 1.54) is 4.31 Å². The average Bonchev–Trinajstić information content (AvgIpc) is 2.54. The first-order valence-corrected chi connectivity index (χ1v) is 9.03. The second-order valence-electron chi connectivity index (χ2n) is 5.91. The van der Waals surface area contributed by atoms with Gasteiger partial charge in [-0.05, 0) is 24.7 Å². The molecule has 3 rings (SSSR count). The Labute approximate surface area is 152 Å². The number of benzene rings is 2. The molecule has 0 N–H and O–H groups in total. The number of rotatable bonds is 3. The van der Waals surface area contributed by atoms with E-state index >= 15 is 0 Å². The molecule has 2 aromatic rings. The molecule has 0 spiro atoms. The number of sulfonamides is 1. The first-order valence-electron chi connectivity index (χ1n) is 7.59. The molecule has 1 aliphatic rings. The van der Waals surface area contributed by atoms with Gasteiger partial charge in [-0.15, -0.1) is 12.4 Å². The van der Waals surface area contributed by atoms with Gasteiger partial charge in [-0.3, -0.25) is 0 Å². The minimum atomic E-state index is -4.00. The van der Waals surface area contributed by atoms with E-state index in [1.54, 1.807) is 0 Å². The van der Waals surface area contributed by atoms with Crippen molar-refractivity contribution in [3.8, 4) is 0 Å². The monoisotopic (exact) mass is 388 g/mol. The van der Waals surface area contributed by atoms with Gasteiger partial charge in [-0.1, -0.05) is 30.3 Å². The highest BCUT2D eigenvalue weighted by molar-refractivity contribution is 7.89. The maximum Gasteiger partial charge on any atom is 0.243 e. The molecule has 1 fully saturated rings. The molecule has 0 aliphatic carbocycles. The molecule has 0 aromatic heterocycles. The van der Waals surface area contributed by atoms with Gasteiger partial charge in [0.05, 0.1) is 10.9 Å². The third-order valence-corrected chi connectivity index (χ3v) is 6.05. The van der Waals surface area contributed by atoms with Crippen LogP contribution in [0.4, 0.5) is 8.78 Å². The first kappa shape index (κ1) is 19.8. The van der Waals surface area contributed by atoms with Crippen molar-refractivity contribution in [2.75, 3.05) is 26.7 Å². The third-order valence-electron chi connectivity index (χ3n) is 4.16. The lowest BCUT2D eigenvalue weighted by molar-refractivity contribution is 0.160. The zero-order valence-electron chi connectivity index (χ0n) is 13.6. The highest BCUT2D eigenvalue weighted by Crippen LogP contribution is 2.31. The summed E-state index contributed by atoms with van der Waals surface area (Å²) < 4.78 is 54.2. The maximum absolute atomic E-state index is 13.5. The summed E-state index contributed by atoms with van der Waals surface area (Å²) in [5.41, 5.74) is 0.851. The lowest BCUT2D eigenvalue weighted by atomic mass is 10.1. The molecule has 136 valence electrons. The topological polar surface area (TPSA) is 40.6 Å². The molecule has 1 atom stereocenters. The molecule has 4 nitrogen and oxygen atoms in total. The van der Waals surface area contributed by atoms with Crippen molar-refractivity contribution in [3.05, 3.63) is 65.7 Å². The summed E-state index contributed by atoms with van der Waals surface area (Å²) in [6.45, 7) is 1.33. The van der Waals surface area contributed by atoms with Crippen LogP contribution < -0.4 is 0 Å². The molecule has 2 aromatic carbocycles. The molecule has 1 unspecified atom stereocenters. The summed E-state index contributed by atoms with van der Waals surface area (Å²) in [5.74, 6) is -1.81. The van der Waals surface area contributed by atoms with Crippen LogP contribution in [0, 0.1) is 11.6 Å². The number of halogens is 3. The van der Waals surface area contributed by atoms with Crippen molar-refractivity contribution < 1.29 is 17.2 Å². The maximum atomic E-state index is 13.5. The van der Waals surface area contributed by atoms with Gasteiger partial charge in [0, 0.05) is 25.7 Å². The van der Waals surface area contributed by atoms with Crippen LogP contribution in [-0.2, 0) is 10.0 Å². The molecular formula is C17H19ClF2N2O2S. The number of piperazine rings is 1. The van der Waals surface area contributed by atoms with Crippen LogP contribution in [0.1, 0.15) is 11.6 Å². The summed E-state index contributed by atoms with van der Waals surface area (Å²) in [6, 6.07) is 11.2. The van der Waals surface area contributed by atoms with Gasteiger partial charge in [0.2, 0.25) is 10.0 Å². The largest absolute Gasteiger partial charge is 0.303 e. The highest BCUT2D eigenvalue weighted by atomic mass is 35.5. The number of nitrogens with zero attached hydrogens (tertiary/aromatic N) is 2. The molecule has 0 saturated carbocycles. The Morgan fingerprint density at radius 3 is 2.20 bits per heavy atom. The Bertz CT molecular complexity index is 814. The van der Waals surface area contributed by atoms with Gasteiger partial charge in [-0.2, -0.15) is 4.31 Å². The van der Waals surface area contributed by atoms with Crippen molar-refractivity contribution in [2.24, 2.45) is 0 Å². The summed E-state index contributed by atoms with van der Waals surface area (Å²) in [7, 11) is -2.08. The van der Waals surface area contributed by atoms with Crippen molar-refractivity contribution in [1.82, 2.24) is 9.21 Å². The van der Waals surface area contributed by atoms with E-state index in [1.807, 2.05) is 42.3 Å². The fourth-order valence-corrected chi connectivity index (χ4v) is 4.59. The van der Waals surface area contributed by atoms with Crippen LogP contribution in [0.25, 0.3) is 0 Å². The number of hydrogen-bond acceptors (Lipinski definition) is 3. The second kappa shape index (κ2) is 7.78. The molecule has 0 radical (unpaired) electrons. The Kier molecular flexibility index (Phi) is 6.16. The van der Waals surface area contributed by atoms with Gasteiger partial charge in [-0.25, -0.2) is 17.2 Å². The summed E-state index contributed by atoms with van der Waals surface area (Å²) >= 11 is 0. The smallest absolute Gasteiger partial charge is 0.243 e. The van der Waals surface area contributed by atoms with E-state index in [2.05, 4.69) is 0 Å². The van der Waals surface area contributed by atoms with Crippen LogP contribution in [0.2, 0.25) is 0 Å². The molecule has 1 saturated heterocycles. The quantitative estimate of drug-likeness (QED) is 0.811. The van der Waals surface area contributed by atoms with Crippen molar-refractivity contribution in [2.45, 2.75) is 10.9 Å². The van der Waals surface area contributed by atoms with Crippen LogP contribution in [0.3, 0.4) is 0 Å². The molecular weight excluding hydrogens is 370 g/mol. The fourth-order valence-electron chi connectivity index (χ4n) is 2.95. The van der Waals surface area contributed by atoms with Crippen LogP contribution in [0.5, 0.6) is 0 Å². The zero-order valence-corrected chi connectivity index (χ0v) is 15.2. The van der Waals surface area contributed by atoms with E-state index in [4.69, 9.17) is 0 Å². The van der Waals surface area contributed by atoms with Crippen LogP contribution in [0.15, 0.2) is 53.4 Å². The van der Waals surface area contributed by atoms with Gasteiger partial charge in [0.1, 0.15) is 11.6 Å². The van der Waals surface area contributed by atoms with Gasteiger partial charge < -0.3 is 4.90 Å². The van der Waals surface area contributed by atoms with Crippen molar-refractivity contribution in [3.63, 3.8) is 0 Å². The van der Waals surface area contributed by atoms with E-state index in [-0.39, 0.29) is 23.8 Å². The number of likely N-dealkylation sites (N-methyl/N-ethyl adjacent to an activating group) is 1. The van der Waals surface area contributed by atoms with Gasteiger partial charge in [0.25, 0.3) is 0 Å². The van der Waals surface area contributed by atoms with E-state index in [0.29, 0.717) is 19.2 Å². The Morgan fingerprint density at radius 2 is 1.60 bits per heavy atom. The normalized spacial score (nSPS) is 19.4. The van der Waals surface area contributed by atoms with E-state index < -0.39 is 27.7 Å². The standard InChI is InChI=1S/C17H18F2N2O2S.ClH/c1-20-7-8-21(17(12-20)13-5-3-2-4-6-13)24(22,23)16-10-14(18)9-15(19)11-16;/h2-6,9-11,17H,7-8,12H2,1H3;1H. The Hall–Kier alpha value is -1.54. The predicted molar refractivity (Wildman–Crippen MR) is 94.2 cm³/mol. The molecule has 25 heavy (non-hydrogen) atoms. The molecule has 1 heterocycles. The molecule has 8 heteroatoms. The summed E-state index contributed by atoms with van der Waals surface area (Å²) in [4.78, 5) is 1.68. The van der Waals surface area contributed by atoms with Crippen molar-refractivity contribution in [1.29, 1.82) is 0 Å². The fraction of sp³-hybridized carbons (Fsp3) is 0.294. The van der Waals surface area contributed by atoms with Gasteiger partial charge in [0.15, 0.2) is 0 Å².